The first-order valence-electron chi connectivity index (χ1n) is 6.30. The number of nitrogens with zero attached hydrogens (tertiary/aromatic N) is 2. The molecular formula is C14H15N3O2. The molecule has 98 valence electrons. The van der Waals surface area contributed by atoms with Crippen LogP contribution in [0.3, 0.4) is 0 Å². The molecule has 1 saturated heterocycles. The molecular weight excluding hydrogens is 242 g/mol. The van der Waals surface area contributed by atoms with E-state index in [9.17, 15) is 4.79 Å². The lowest BCUT2D eigenvalue weighted by atomic mass is 10.1. The molecule has 0 aliphatic carbocycles. The molecule has 0 saturated carbocycles. The molecule has 1 aliphatic heterocycles. The molecule has 2 N–H and O–H groups in total. The lowest BCUT2D eigenvalue weighted by molar-refractivity contribution is 0.0791. The van der Waals surface area contributed by atoms with Crippen molar-refractivity contribution in [2.75, 3.05) is 13.1 Å². The summed E-state index contributed by atoms with van der Waals surface area (Å²) in [7, 11) is 0. The highest BCUT2D eigenvalue weighted by Crippen LogP contribution is 2.25. The monoisotopic (exact) mass is 257 g/mol. The molecule has 0 radical (unpaired) electrons. The Morgan fingerprint density at radius 2 is 2.16 bits per heavy atom. The summed E-state index contributed by atoms with van der Waals surface area (Å²) in [5.74, 6) is 0.458. The Hall–Kier alpha value is -2.14. The number of likely N-dealkylation sites (tertiary alicyclic amines) is 1. The first-order chi connectivity index (χ1) is 9.25. The second-order valence-electron chi connectivity index (χ2n) is 4.73. The topological polar surface area (TPSA) is 72.4 Å². The van der Waals surface area contributed by atoms with E-state index < -0.39 is 0 Å². The zero-order valence-corrected chi connectivity index (χ0v) is 10.5. The minimum atomic E-state index is -0.0620. The highest BCUT2D eigenvalue weighted by Gasteiger charge is 2.28. The number of hydrogen-bond donors (Lipinski definition) is 1. The average Bonchev–Trinajstić information content (AvgIpc) is 3.07. The number of aromatic nitrogens is 1. The predicted octanol–water partition coefficient (Wildman–Crippen LogP) is 1.51. The molecule has 1 aromatic carbocycles. The molecule has 3 rings (SSSR count). The summed E-state index contributed by atoms with van der Waals surface area (Å²) in [5, 5.41) is 3.76. The van der Waals surface area contributed by atoms with E-state index in [1.165, 1.54) is 6.20 Å². The van der Waals surface area contributed by atoms with Gasteiger partial charge in [-0.1, -0.05) is 35.5 Å². The van der Waals surface area contributed by atoms with Crippen LogP contribution < -0.4 is 5.73 Å². The first-order valence-corrected chi connectivity index (χ1v) is 6.30. The molecule has 0 spiro atoms. The van der Waals surface area contributed by atoms with Crippen molar-refractivity contribution in [1.29, 1.82) is 0 Å². The molecule has 1 aliphatic rings. The lowest BCUT2D eigenvalue weighted by Gasteiger charge is -2.14. The zero-order valence-electron chi connectivity index (χ0n) is 10.5. The third-order valence-corrected chi connectivity index (χ3v) is 3.35. The standard InChI is InChI=1S/C14H15N3O2/c15-11-6-7-17(9-11)14(18)12-8-16-19-13(12)10-4-2-1-3-5-10/h1-5,8,11H,6-7,9,15H2. The molecule has 1 aromatic heterocycles. The fourth-order valence-electron chi connectivity index (χ4n) is 2.33. The van der Waals surface area contributed by atoms with Gasteiger partial charge >= 0.3 is 0 Å². The molecule has 1 atom stereocenters. The summed E-state index contributed by atoms with van der Waals surface area (Å²) in [4.78, 5) is 14.2. The lowest BCUT2D eigenvalue weighted by Crippen LogP contribution is -2.31. The second-order valence-corrected chi connectivity index (χ2v) is 4.73. The maximum absolute atomic E-state index is 12.4. The number of amides is 1. The highest BCUT2D eigenvalue weighted by atomic mass is 16.5. The maximum atomic E-state index is 12.4. The van der Waals surface area contributed by atoms with Crippen molar-refractivity contribution in [3.8, 4) is 11.3 Å². The van der Waals surface area contributed by atoms with Gasteiger partial charge in [-0.05, 0) is 6.42 Å². The van der Waals surface area contributed by atoms with Gasteiger partial charge < -0.3 is 15.2 Å². The summed E-state index contributed by atoms with van der Waals surface area (Å²) in [6, 6.07) is 9.58. The zero-order chi connectivity index (χ0) is 13.2. The maximum Gasteiger partial charge on any atom is 0.259 e. The van der Waals surface area contributed by atoms with Gasteiger partial charge in [0.05, 0.1) is 6.20 Å². The van der Waals surface area contributed by atoms with Crippen LogP contribution in [-0.4, -0.2) is 35.1 Å². The predicted molar refractivity (Wildman–Crippen MR) is 70.4 cm³/mol. The van der Waals surface area contributed by atoms with Crippen molar-refractivity contribution in [1.82, 2.24) is 10.1 Å². The van der Waals surface area contributed by atoms with Gasteiger partial charge in [-0.3, -0.25) is 4.79 Å². The van der Waals surface area contributed by atoms with Gasteiger partial charge in [-0.2, -0.15) is 0 Å². The van der Waals surface area contributed by atoms with Crippen molar-refractivity contribution in [3.05, 3.63) is 42.1 Å². The quantitative estimate of drug-likeness (QED) is 0.885. The number of carbonyl (C=O) groups excluding carboxylic acids is 1. The number of nitrogens with two attached hydrogens (primary N) is 1. The van der Waals surface area contributed by atoms with Crippen LogP contribution in [0.1, 0.15) is 16.8 Å². The van der Waals surface area contributed by atoms with E-state index >= 15 is 0 Å². The van der Waals surface area contributed by atoms with Crippen molar-refractivity contribution in [3.63, 3.8) is 0 Å². The molecule has 19 heavy (non-hydrogen) atoms. The van der Waals surface area contributed by atoms with Crippen LogP contribution in [0.5, 0.6) is 0 Å². The fraction of sp³-hybridized carbons (Fsp3) is 0.286. The smallest absolute Gasteiger partial charge is 0.259 e. The molecule has 1 fully saturated rings. The normalized spacial score (nSPS) is 18.8. The number of carbonyl (C=O) groups is 1. The Morgan fingerprint density at radius 1 is 1.37 bits per heavy atom. The van der Waals surface area contributed by atoms with Crippen LogP contribution in [0, 0.1) is 0 Å². The Labute approximate surface area is 111 Å². The summed E-state index contributed by atoms with van der Waals surface area (Å²) in [5.41, 5.74) is 7.19. The highest BCUT2D eigenvalue weighted by molar-refractivity contribution is 5.99. The summed E-state index contributed by atoms with van der Waals surface area (Å²) >= 11 is 0. The first kappa shape index (κ1) is 11.9. The van der Waals surface area contributed by atoms with E-state index in [-0.39, 0.29) is 11.9 Å². The van der Waals surface area contributed by atoms with Crippen LogP contribution in [0.4, 0.5) is 0 Å². The van der Waals surface area contributed by atoms with E-state index in [0.717, 1.165) is 12.0 Å². The number of rotatable bonds is 2. The summed E-state index contributed by atoms with van der Waals surface area (Å²) in [6.45, 7) is 1.29. The molecule has 5 heteroatoms. The molecule has 2 aromatic rings. The van der Waals surface area contributed by atoms with Crippen molar-refractivity contribution in [2.24, 2.45) is 5.73 Å². The number of hydrogen-bond acceptors (Lipinski definition) is 4. The van der Waals surface area contributed by atoms with Crippen molar-refractivity contribution in [2.45, 2.75) is 12.5 Å². The van der Waals surface area contributed by atoms with Gasteiger partial charge in [0.1, 0.15) is 5.56 Å². The number of benzene rings is 1. The van der Waals surface area contributed by atoms with Gasteiger partial charge in [0.15, 0.2) is 5.76 Å². The Bertz CT molecular complexity index is 579. The van der Waals surface area contributed by atoms with Gasteiger partial charge in [0.25, 0.3) is 5.91 Å². The van der Waals surface area contributed by atoms with Crippen LogP contribution in [0.25, 0.3) is 11.3 Å². The molecule has 0 bridgehead atoms. The summed E-state index contributed by atoms with van der Waals surface area (Å²) in [6.07, 6.45) is 2.33. The Morgan fingerprint density at radius 3 is 2.84 bits per heavy atom. The van der Waals surface area contributed by atoms with Gasteiger partial charge in [-0.15, -0.1) is 0 Å². The molecule has 1 unspecified atom stereocenters. The largest absolute Gasteiger partial charge is 0.355 e. The van der Waals surface area contributed by atoms with Crippen molar-refractivity contribution >= 4 is 5.91 Å². The van der Waals surface area contributed by atoms with E-state index in [2.05, 4.69) is 5.16 Å². The average molecular weight is 257 g/mol. The van der Waals surface area contributed by atoms with Crippen LogP contribution in [0.2, 0.25) is 0 Å². The minimum absolute atomic E-state index is 0.0620. The van der Waals surface area contributed by atoms with E-state index in [1.807, 2.05) is 30.3 Å². The molecule has 5 nitrogen and oxygen atoms in total. The van der Waals surface area contributed by atoms with Gasteiger partial charge in [-0.25, -0.2) is 0 Å². The van der Waals surface area contributed by atoms with Crippen LogP contribution >= 0.6 is 0 Å². The Kier molecular flexibility index (Phi) is 3.05. The molecule has 2 heterocycles. The van der Waals surface area contributed by atoms with Crippen molar-refractivity contribution < 1.29 is 9.32 Å². The third kappa shape index (κ3) is 2.24. The SMILES string of the molecule is NC1CCN(C(=O)c2cnoc2-c2ccccc2)C1. The summed E-state index contributed by atoms with van der Waals surface area (Å²) < 4.78 is 5.23. The Balaban J connectivity index is 1.90. The van der Waals surface area contributed by atoms with E-state index in [1.54, 1.807) is 4.90 Å². The minimum Gasteiger partial charge on any atom is -0.355 e. The molecule has 1 amide bonds. The van der Waals surface area contributed by atoms with Crippen LogP contribution in [0.15, 0.2) is 41.1 Å². The van der Waals surface area contributed by atoms with Gasteiger partial charge in [0, 0.05) is 24.7 Å². The fourth-order valence-corrected chi connectivity index (χ4v) is 2.33. The second kappa shape index (κ2) is 4.85. The van der Waals surface area contributed by atoms with Gasteiger partial charge in [0.2, 0.25) is 0 Å². The third-order valence-electron chi connectivity index (χ3n) is 3.35. The van der Waals surface area contributed by atoms with E-state index in [4.69, 9.17) is 10.3 Å². The van der Waals surface area contributed by atoms with E-state index in [0.29, 0.717) is 24.4 Å². The van der Waals surface area contributed by atoms with Crippen LogP contribution in [-0.2, 0) is 0 Å².